The number of alkyl halides is 4. The first-order chi connectivity index (χ1) is 14.7. The Hall–Kier alpha value is -3.14. The lowest BCUT2D eigenvalue weighted by atomic mass is 10.2. The molecule has 1 aromatic heterocycles. The highest BCUT2D eigenvalue weighted by Crippen LogP contribution is 2.31. The number of carbonyl (C=O) groups is 1. The minimum absolute atomic E-state index is 0.0600. The van der Waals surface area contributed by atoms with Crippen LogP contribution in [-0.2, 0) is 17.5 Å². The molecule has 3 aromatic rings. The van der Waals surface area contributed by atoms with E-state index < -0.39 is 24.0 Å². The number of likely N-dealkylation sites (tertiary alicyclic amines) is 1. The van der Waals surface area contributed by atoms with Crippen molar-refractivity contribution in [2.75, 3.05) is 20.2 Å². The molecule has 2 aromatic carbocycles. The number of benzene rings is 2. The van der Waals surface area contributed by atoms with Gasteiger partial charge in [-0.2, -0.15) is 13.2 Å². The number of hydrogen-bond acceptors (Lipinski definition) is 4. The van der Waals surface area contributed by atoms with Crippen LogP contribution in [0.3, 0.4) is 0 Å². The summed E-state index contributed by atoms with van der Waals surface area (Å²) in [4.78, 5) is 20.9. The average Bonchev–Trinajstić information content (AvgIpc) is 3.33. The summed E-state index contributed by atoms with van der Waals surface area (Å²) in [6.45, 7) is -0.166. The second kappa shape index (κ2) is 8.18. The van der Waals surface area contributed by atoms with Crippen molar-refractivity contribution < 1.29 is 31.8 Å². The zero-order chi connectivity index (χ0) is 22.2. The Labute approximate surface area is 174 Å². The number of nitrogens with zero attached hydrogens (tertiary/aromatic N) is 2. The first-order valence-electron chi connectivity index (χ1n) is 9.49. The van der Waals surface area contributed by atoms with E-state index in [1.807, 2.05) is 0 Å². The summed E-state index contributed by atoms with van der Waals surface area (Å²) in [7, 11) is 1.52. The molecule has 0 bridgehead atoms. The van der Waals surface area contributed by atoms with Crippen molar-refractivity contribution in [3.05, 3.63) is 59.4 Å². The predicted molar refractivity (Wildman–Crippen MR) is 103 cm³/mol. The van der Waals surface area contributed by atoms with Crippen LogP contribution in [0.5, 0.6) is 5.75 Å². The number of ether oxygens (including phenoxy) is 2. The number of nitrogens with one attached hydrogen (secondary N) is 1. The lowest BCUT2D eigenvalue weighted by Gasteiger charge is -2.16. The highest BCUT2D eigenvalue weighted by molar-refractivity contribution is 5.94. The van der Waals surface area contributed by atoms with Crippen LogP contribution >= 0.6 is 0 Å². The maximum absolute atomic E-state index is 14.4. The molecule has 4 rings (SSSR count). The van der Waals surface area contributed by atoms with Gasteiger partial charge in [0.25, 0.3) is 5.91 Å². The minimum atomic E-state index is -4.46. The van der Waals surface area contributed by atoms with E-state index in [1.54, 1.807) is 24.3 Å². The number of rotatable bonds is 5. The molecule has 1 N–H and O–H groups in total. The van der Waals surface area contributed by atoms with Crippen LogP contribution in [-0.4, -0.2) is 53.2 Å². The zero-order valence-electron chi connectivity index (χ0n) is 16.4. The van der Waals surface area contributed by atoms with Gasteiger partial charge in [0, 0.05) is 5.56 Å². The lowest BCUT2D eigenvalue weighted by molar-refractivity contribution is -0.137. The molecule has 6 nitrogen and oxygen atoms in total. The molecule has 1 aliphatic rings. The quantitative estimate of drug-likeness (QED) is 0.614. The van der Waals surface area contributed by atoms with E-state index in [0.29, 0.717) is 16.8 Å². The van der Waals surface area contributed by atoms with Gasteiger partial charge in [0.2, 0.25) is 0 Å². The van der Waals surface area contributed by atoms with Gasteiger partial charge in [-0.25, -0.2) is 9.37 Å². The van der Waals surface area contributed by atoms with Gasteiger partial charge >= 0.3 is 6.18 Å². The molecule has 31 heavy (non-hydrogen) atoms. The van der Waals surface area contributed by atoms with E-state index in [0.717, 1.165) is 12.1 Å². The van der Waals surface area contributed by atoms with E-state index >= 15 is 0 Å². The van der Waals surface area contributed by atoms with Gasteiger partial charge in [0.15, 0.2) is 0 Å². The van der Waals surface area contributed by atoms with Crippen LogP contribution in [0.2, 0.25) is 0 Å². The number of H-pyrrole nitrogens is 1. The second-order valence-corrected chi connectivity index (χ2v) is 7.22. The van der Waals surface area contributed by atoms with E-state index in [4.69, 9.17) is 9.47 Å². The molecule has 2 unspecified atom stereocenters. The number of hydrogen-bond donors (Lipinski definition) is 1. The number of halogens is 4. The Morgan fingerprint density at radius 1 is 1.19 bits per heavy atom. The predicted octanol–water partition coefficient (Wildman–Crippen LogP) is 3.97. The number of methoxy groups -OCH3 is 1. The summed E-state index contributed by atoms with van der Waals surface area (Å²) in [5.74, 6) is 0.567. The first kappa shape index (κ1) is 21.1. The van der Waals surface area contributed by atoms with Crippen molar-refractivity contribution in [1.82, 2.24) is 14.9 Å². The molecule has 0 aliphatic carbocycles. The Morgan fingerprint density at radius 2 is 1.94 bits per heavy atom. The van der Waals surface area contributed by atoms with Gasteiger partial charge in [0.1, 0.15) is 30.5 Å². The molecular weight excluding hydrogens is 418 g/mol. The van der Waals surface area contributed by atoms with E-state index in [9.17, 15) is 22.4 Å². The third-order valence-electron chi connectivity index (χ3n) is 5.12. The van der Waals surface area contributed by atoms with Gasteiger partial charge < -0.3 is 19.4 Å². The maximum atomic E-state index is 14.4. The Kier molecular flexibility index (Phi) is 5.57. The monoisotopic (exact) mass is 437 g/mol. The zero-order valence-corrected chi connectivity index (χ0v) is 16.4. The van der Waals surface area contributed by atoms with Crippen LogP contribution < -0.4 is 4.74 Å². The van der Waals surface area contributed by atoms with Crippen LogP contribution in [0, 0.1) is 0 Å². The Morgan fingerprint density at radius 3 is 2.61 bits per heavy atom. The van der Waals surface area contributed by atoms with Gasteiger partial charge in [-0.05, 0) is 42.5 Å². The van der Waals surface area contributed by atoms with E-state index in [2.05, 4.69) is 9.97 Å². The summed E-state index contributed by atoms with van der Waals surface area (Å²) in [6.07, 6.45) is -6.70. The highest BCUT2D eigenvalue weighted by atomic mass is 19.4. The summed E-state index contributed by atoms with van der Waals surface area (Å²) in [5.41, 5.74) is 0.189. The summed E-state index contributed by atoms with van der Waals surface area (Å²) >= 11 is 0. The van der Waals surface area contributed by atoms with Crippen molar-refractivity contribution in [2.24, 2.45) is 0 Å². The number of fused-ring (bicyclic) bond motifs is 1. The summed E-state index contributed by atoms with van der Waals surface area (Å²) < 4.78 is 63.6. The van der Waals surface area contributed by atoms with Gasteiger partial charge in [0.05, 0.1) is 36.8 Å². The molecule has 164 valence electrons. The minimum Gasteiger partial charge on any atom is -0.497 e. The molecule has 0 radical (unpaired) electrons. The van der Waals surface area contributed by atoms with Crippen LogP contribution in [0.15, 0.2) is 42.5 Å². The molecule has 0 spiro atoms. The number of aromatic amines is 1. The fourth-order valence-corrected chi connectivity index (χ4v) is 3.47. The third kappa shape index (κ3) is 4.48. The third-order valence-corrected chi connectivity index (χ3v) is 5.12. The fraction of sp³-hybridized carbons (Fsp3) is 0.333. The highest BCUT2D eigenvalue weighted by Gasteiger charge is 2.37. The number of amides is 1. The number of imidazole rings is 1. The standard InChI is InChI=1S/C21H19F4N3O3/c1-30-14-5-2-12(3-6-14)20(29)28-9-15(22)18(10-28)31-11-19-26-16-7-4-13(21(23,24)25)8-17(16)27-19/h2-8,15,18H,9-11H2,1H3,(H,26,27). The topological polar surface area (TPSA) is 67.4 Å². The first-order valence-corrected chi connectivity index (χ1v) is 9.49. The number of carbonyl (C=O) groups excluding carboxylic acids is 1. The van der Waals surface area contributed by atoms with E-state index in [-0.39, 0.29) is 36.9 Å². The van der Waals surface area contributed by atoms with E-state index in [1.165, 1.54) is 18.1 Å². The van der Waals surface area contributed by atoms with Crippen molar-refractivity contribution in [1.29, 1.82) is 0 Å². The smallest absolute Gasteiger partial charge is 0.416 e. The molecule has 10 heteroatoms. The molecule has 2 heterocycles. The molecule has 0 saturated carbocycles. The molecule has 1 amide bonds. The average molecular weight is 437 g/mol. The van der Waals surface area contributed by atoms with Crippen molar-refractivity contribution in [2.45, 2.75) is 25.1 Å². The molecule has 2 atom stereocenters. The maximum Gasteiger partial charge on any atom is 0.416 e. The molecular formula is C21H19F4N3O3. The Balaban J connectivity index is 1.39. The van der Waals surface area contributed by atoms with Crippen molar-refractivity contribution in [3.8, 4) is 5.75 Å². The fourth-order valence-electron chi connectivity index (χ4n) is 3.47. The Bertz CT molecular complexity index is 1080. The lowest BCUT2D eigenvalue weighted by Crippen LogP contribution is -2.30. The normalized spacial score (nSPS) is 19.2. The van der Waals surface area contributed by atoms with Crippen molar-refractivity contribution in [3.63, 3.8) is 0 Å². The van der Waals surface area contributed by atoms with Crippen LogP contribution in [0.4, 0.5) is 17.6 Å². The molecule has 1 saturated heterocycles. The van der Waals surface area contributed by atoms with Gasteiger partial charge in [-0.3, -0.25) is 4.79 Å². The largest absolute Gasteiger partial charge is 0.497 e. The number of aromatic nitrogens is 2. The SMILES string of the molecule is COc1ccc(C(=O)N2CC(F)C(OCc3nc4ccc(C(F)(F)F)cc4[nH]3)C2)cc1. The second-order valence-electron chi connectivity index (χ2n) is 7.22. The van der Waals surface area contributed by atoms with Crippen molar-refractivity contribution >= 4 is 16.9 Å². The summed E-state index contributed by atoms with van der Waals surface area (Å²) in [5, 5.41) is 0. The molecule has 1 aliphatic heterocycles. The summed E-state index contributed by atoms with van der Waals surface area (Å²) in [6, 6.07) is 9.69. The molecule has 1 fully saturated rings. The van der Waals surface area contributed by atoms with Crippen LogP contribution in [0.1, 0.15) is 21.7 Å². The van der Waals surface area contributed by atoms with Crippen LogP contribution in [0.25, 0.3) is 11.0 Å². The van der Waals surface area contributed by atoms with Gasteiger partial charge in [-0.1, -0.05) is 0 Å². The van der Waals surface area contributed by atoms with Gasteiger partial charge in [-0.15, -0.1) is 0 Å².